The normalized spacial score (nSPS) is 18.9. The van der Waals surface area contributed by atoms with Crippen molar-refractivity contribution in [3.05, 3.63) is 29.0 Å². The molecule has 0 amide bonds. The van der Waals surface area contributed by atoms with Gasteiger partial charge in [0.2, 0.25) is 5.75 Å². The fourth-order valence-corrected chi connectivity index (χ4v) is 3.29. The van der Waals surface area contributed by atoms with Crippen molar-refractivity contribution in [1.82, 2.24) is 10.6 Å². The van der Waals surface area contributed by atoms with Crippen molar-refractivity contribution in [2.45, 2.75) is 39.2 Å². The smallest absolute Gasteiger partial charge is 0.337 e. The highest BCUT2D eigenvalue weighted by molar-refractivity contribution is 7.80. The van der Waals surface area contributed by atoms with Crippen LogP contribution in [0.3, 0.4) is 0 Å². The Kier molecular flexibility index (Phi) is 7.80. The lowest BCUT2D eigenvalue weighted by atomic mass is 9.95. The summed E-state index contributed by atoms with van der Waals surface area (Å²) in [6.45, 7) is 7.34. The molecular formula is C20H28N2O6S. The molecule has 1 aliphatic rings. The van der Waals surface area contributed by atoms with Crippen molar-refractivity contribution in [2.75, 3.05) is 20.8 Å². The van der Waals surface area contributed by atoms with Gasteiger partial charge in [-0.2, -0.15) is 0 Å². The van der Waals surface area contributed by atoms with Crippen molar-refractivity contribution in [1.29, 1.82) is 0 Å². The molecular weight excluding hydrogens is 396 g/mol. The highest BCUT2D eigenvalue weighted by atomic mass is 32.1. The van der Waals surface area contributed by atoms with E-state index >= 15 is 0 Å². The lowest BCUT2D eigenvalue weighted by molar-refractivity contribution is -0.140. The molecule has 29 heavy (non-hydrogen) atoms. The molecule has 160 valence electrons. The molecule has 0 fully saturated rings. The summed E-state index contributed by atoms with van der Waals surface area (Å²) >= 11 is 4.45. The van der Waals surface area contributed by atoms with Gasteiger partial charge < -0.3 is 24.3 Å². The minimum absolute atomic E-state index is 0.173. The zero-order valence-corrected chi connectivity index (χ0v) is 18.4. The number of hydrogen-bond donors (Lipinski definition) is 3. The largest absolute Gasteiger partial charge is 0.493 e. The number of allylic oxidation sites excluding steroid dienone is 1. The topological polar surface area (TPSA) is 95.1 Å². The molecule has 0 radical (unpaired) electrons. The van der Waals surface area contributed by atoms with Crippen LogP contribution in [0.4, 0.5) is 0 Å². The third kappa shape index (κ3) is 5.57. The zero-order chi connectivity index (χ0) is 21.7. The van der Waals surface area contributed by atoms with Crippen LogP contribution in [0.5, 0.6) is 17.2 Å². The number of hydrogen-bond acceptors (Lipinski definition) is 9. The highest BCUT2D eigenvalue weighted by Crippen LogP contribution is 2.42. The van der Waals surface area contributed by atoms with Crippen LogP contribution in [0.2, 0.25) is 0 Å². The molecule has 2 N–H and O–H groups in total. The Morgan fingerprint density at radius 2 is 1.76 bits per heavy atom. The first-order valence-corrected chi connectivity index (χ1v) is 9.72. The van der Waals surface area contributed by atoms with Crippen LogP contribution in [-0.4, -0.2) is 38.3 Å². The van der Waals surface area contributed by atoms with E-state index in [-0.39, 0.29) is 17.2 Å². The van der Waals surface area contributed by atoms with Gasteiger partial charge in [-0.1, -0.05) is 13.8 Å². The molecule has 1 aliphatic heterocycles. The third-order valence-corrected chi connectivity index (χ3v) is 4.48. The van der Waals surface area contributed by atoms with E-state index in [9.17, 15) is 9.59 Å². The number of ether oxygens (including phenoxy) is 4. The van der Waals surface area contributed by atoms with E-state index < -0.39 is 18.0 Å². The van der Waals surface area contributed by atoms with Gasteiger partial charge in [-0.05, 0) is 30.5 Å². The first-order valence-electron chi connectivity index (χ1n) is 9.20. The van der Waals surface area contributed by atoms with Crippen LogP contribution in [0.1, 0.15) is 39.3 Å². The monoisotopic (exact) mass is 424 g/mol. The molecule has 0 aliphatic carbocycles. The van der Waals surface area contributed by atoms with Gasteiger partial charge in [0.15, 0.2) is 11.5 Å². The standard InChI is InChI=1S/C20H28N2O6S/c1-10(2)9-27-19(24)16-11(3)21-20(29)22-17(16)13-7-14(25-5)18(28-12(4)23)15(8-13)26-6/h7-8,10,17,20-22,29H,9H2,1-6H3. The summed E-state index contributed by atoms with van der Waals surface area (Å²) in [6.07, 6.45) is 0. The van der Waals surface area contributed by atoms with E-state index in [4.69, 9.17) is 18.9 Å². The summed E-state index contributed by atoms with van der Waals surface area (Å²) in [6, 6.07) is 2.84. The first kappa shape index (κ1) is 22.9. The molecule has 8 nitrogen and oxygen atoms in total. The molecule has 0 spiro atoms. The molecule has 1 heterocycles. The maximum atomic E-state index is 12.8. The van der Waals surface area contributed by atoms with Gasteiger partial charge in [0.1, 0.15) is 5.50 Å². The van der Waals surface area contributed by atoms with E-state index in [1.165, 1.54) is 21.1 Å². The molecule has 0 bridgehead atoms. The van der Waals surface area contributed by atoms with Crippen LogP contribution in [0, 0.1) is 5.92 Å². The Morgan fingerprint density at radius 3 is 2.24 bits per heavy atom. The summed E-state index contributed by atoms with van der Waals surface area (Å²) in [7, 11) is 2.92. The van der Waals surface area contributed by atoms with Crippen molar-refractivity contribution >= 4 is 24.6 Å². The summed E-state index contributed by atoms with van der Waals surface area (Å²) in [5, 5.41) is 6.31. The number of carbonyl (C=O) groups is 2. The lowest BCUT2D eigenvalue weighted by Crippen LogP contribution is -2.47. The lowest BCUT2D eigenvalue weighted by Gasteiger charge is -2.33. The predicted octanol–water partition coefficient (Wildman–Crippen LogP) is 2.55. The zero-order valence-electron chi connectivity index (χ0n) is 17.5. The second-order valence-corrected chi connectivity index (χ2v) is 7.54. The summed E-state index contributed by atoms with van der Waals surface area (Å²) < 4.78 is 21.5. The number of benzene rings is 1. The summed E-state index contributed by atoms with van der Waals surface area (Å²) in [4.78, 5) is 24.3. The summed E-state index contributed by atoms with van der Waals surface area (Å²) in [5.41, 5.74) is 1.38. The van der Waals surface area contributed by atoms with Crippen LogP contribution < -0.4 is 24.8 Å². The van der Waals surface area contributed by atoms with Crippen molar-refractivity contribution in [3.63, 3.8) is 0 Å². The van der Waals surface area contributed by atoms with Gasteiger partial charge in [-0.25, -0.2) is 4.79 Å². The number of carbonyl (C=O) groups excluding carboxylic acids is 2. The van der Waals surface area contributed by atoms with Crippen molar-refractivity contribution in [3.8, 4) is 17.2 Å². The van der Waals surface area contributed by atoms with Gasteiger partial charge in [-0.15, -0.1) is 12.6 Å². The van der Waals surface area contributed by atoms with Gasteiger partial charge in [0.25, 0.3) is 0 Å². The van der Waals surface area contributed by atoms with Gasteiger partial charge in [0, 0.05) is 12.6 Å². The molecule has 0 saturated carbocycles. The molecule has 2 atom stereocenters. The Morgan fingerprint density at radius 1 is 1.17 bits per heavy atom. The number of esters is 2. The maximum Gasteiger partial charge on any atom is 0.337 e. The second-order valence-electron chi connectivity index (χ2n) is 7.03. The molecule has 0 saturated heterocycles. The van der Waals surface area contributed by atoms with Crippen molar-refractivity contribution < 1.29 is 28.5 Å². The highest BCUT2D eigenvalue weighted by Gasteiger charge is 2.33. The average molecular weight is 425 g/mol. The third-order valence-electron chi connectivity index (χ3n) is 4.20. The SMILES string of the molecule is COc1cc(C2NC(S)NC(C)=C2C(=O)OCC(C)C)cc(OC)c1OC(C)=O. The van der Waals surface area contributed by atoms with Crippen LogP contribution in [0.15, 0.2) is 23.4 Å². The van der Waals surface area contributed by atoms with Crippen molar-refractivity contribution in [2.24, 2.45) is 5.92 Å². The molecule has 0 aromatic heterocycles. The summed E-state index contributed by atoms with van der Waals surface area (Å²) in [5.74, 6) is 0.0640. The maximum absolute atomic E-state index is 12.8. The fourth-order valence-electron chi connectivity index (χ4n) is 2.95. The molecule has 1 aromatic carbocycles. The Hall–Kier alpha value is -2.39. The number of thiol groups is 1. The fraction of sp³-hybridized carbons (Fsp3) is 0.500. The van der Waals surface area contributed by atoms with E-state index in [0.717, 1.165) is 0 Å². The number of nitrogens with one attached hydrogen (secondary N) is 2. The van der Waals surface area contributed by atoms with E-state index in [1.54, 1.807) is 19.1 Å². The van der Waals surface area contributed by atoms with Gasteiger partial charge in [-0.3, -0.25) is 10.1 Å². The second kappa shape index (κ2) is 9.89. The van der Waals surface area contributed by atoms with Crippen LogP contribution in [0.25, 0.3) is 0 Å². The molecule has 2 rings (SSSR count). The van der Waals surface area contributed by atoms with Gasteiger partial charge in [0.05, 0.1) is 32.4 Å². The van der Waals surface area contributed by atoms with Gasteiger partial charge >= 0.3 is 11.9 Å². The van der Waals surface area contributed by atoms with Crippen LogP contribution in [-0.2, 0) is 14.3 Å². The Labute approximate surface area is 176 Å². The quantitative estimate of drug-likeness (QED) is 0.349. The molecule has 2 unspecified atom stereocenters. The van der Waals surface area contributed by atoms with E-state index in [0.29, 0.717) is 34.9 Å². The Balaban J connectivity index is 2.52. The first-order chi connectivity index (χ1) is 13.7. The van der Waals surface area contributed by atoms with E-state index in [2.05, 4.69) is 23.3 Å². The predicted molar refractivity (Wildman–Crippen MR) is 111 cm³/mol. The molecule has 1 aromatic rings. The minimum Gasteiger partial charge on any atom is -0.493 e. The number of rotatable bonds is 7. The molecule has 9 heteroatoms. The minimum atomic E-state index is -0.535. The number of methoxy groups -OCH3 is 2. The average Bonchev–Trinajstić information content (AvgIpc) is 2.65. The Bertz CT molecular complexity index is 783. The van der Waals surface area contributed by atoms with E-state index in [1.807, 2.05) is 13.8 Å². The van der Waals surface area contributed by atoms with Crippen LogP contribution >= 0.6 is 12.6 Å².